The van der Waals surface area contributed by atoms with E-state index in [0.717, 1.165) is 39.4 Å². The molecule has 5 heteroatoms. The lowest BCUT2D eigenvalue weighted by molar-refractivity contribution is 0.547. The summed E-state index contributed by atoms with van der Waals surface area (Å²) in [5, 5.41) is 8.80. The van der Waals surface area contributed by atoms with Gasteiger partial charge in [-0.2, -0.15) is 5.10 Å². The highest BCUT2D eigenvalue weighted by molar-refractivity contribution is 9.10. The monoisotopic (exact) mass is 355 g/mol. The molecule has 1 N–H and O–H groups in total. The van der Waals surface area contributed by atoms with Crippen molar-refractivity contribution in [2.75, 3.05) is 0 Å². The number of hydrogen-bond acceptors (Lipinski definition) is 2. The summed E-state index contributed by atoms with van der Waals surface area (Å²) in [5.41, 5.74) is 3.36. The van der Waals surface area contributed by atoms with Crippen LogP contribution in [0.3, 0.4) is 0 Å². The summed E-state index contributed by atoms with van der Waals surface area (Å²) in [6.45, 7) is 4.97. The molecule has 0 fully saturated rings. The van der Waals surface area contributed by atoms with Gasteiger partial charge in [0.25, 0.3) is 0 Å². The molecule has 1 atom stereocenters. The SMILES string of the molecule is CCc1nn(C)c(CNC(C)c2ccccc2Cl)c1Br. The zero-order valence-electron chi connectivity index (χ0n) is 12.0. The molecule has 0 spiro atoms. The van der Waals surface area contributed by atoms with Crippen molar-refractivity contribution in [1.29, 1.82) is 0 Å². The second kappa shape index (κ2) is 6.74. The van der Waals surface area contributed by atoms with Gasteiger partial charge in [0.2, 0.25) is 0 Å². The Kier molecular flexibility index (Phi) is 5.24. The molecule has 0 saturated heterocycles. The lowest BCUT2D eigenvalue weighted by Gasteiger charge is -2.16. The van der Waals surface area contributed by atoms with Crippen LogP contribution in [-0.4, -0.2) is 9.78 Å². The summed E-state index contributed by atoms with van der Waals surface area (Å²) in [6.07, 6.45) is 0.925. The second-order valence-corrected chi connectivity index (χ2v) is 6.01. The van der Waals surface area contributed by atoms with Crippen LogP contribution in [0, 0.1) is 0 Å². The van der Waals surface area contributed by atoms with Gasteiger partial charge in [0.1, 0.15) is 0 Å². The number of aromatic nitrogens is 2. The molecule has 20 heavy (non-hydrogen) atoms. The Labute approximate surface area is 133 Å². The quantitative estimate of drug-likeness (QED) is 0.868. The van der Waals surface area contributed by atoms with Gasteiger partial charge in [-0.15, -0.1) is 0 Å². The van der Waals surface area contributed by atoms with Crippen molar-refractivity contribution in [3.63, 3.8) is 0 Å². The fourth-order valence-corrected chi connectivity index (χ4v) is 3.25. The second-order valence-electron chi connectivity index (χ2n) is 4.81. The number of hydrogen-bond donors (Lipinski definition) is 1. The van der Waals surface area contributed by atoms with Crippen LogP contribution in [0.5, 0.6) is 0 Å². The molecule has 0 saturated carbocycles. The molecule has 1 unspecified atom stereocenters. The van der Waals surface area contributed by atoms with Crippen LogP contribution in [0.2, 0.25) is 5.02 Å². The van der Waals surface area contributed by atoms with Gasteiger partial charge in [-0.05, 0) is 40.9 Å². The topological polar surface area (TPSA) is 29.9 Å². The van der Waals surface area contributed by atoms with Gasteiger partial charge in [0.05, 0.1) is 15.9 Å². The zero-order valence-corrected chi connectivity index (χ0v) is 14.3. The minimum atomic E-state index is 0.190. The fraction of sp³-hybridized carbons (Fsp3) is 0.400. The minimum Gasteiger partial charge on any atom is -0.304 e. The van der Waals surface area contributed by atoms with E-state index >= 15 is 0 Å². The molecule has 3 nitrogen and oxygen atoms in total. The van der Waals surface area contributed by atoms with E-state index in [1.807, 2.05) is 29.9 Å². The maximum atomic E-state index is 6.22. The van der Waals surface area contributed by atoms with Gasteiger partial charge in [-0.3, -0.25) is 4.68 Å². The fourth-order valence-electron chi connectivity index (χ4n) is 2.20. The highest BCUT2D eigenvalue weighted by Crippen LogP contribution is 2.25. The smallest absolute Gasteiger partial charge is 0.0767 e. The lowest BCUT2D eigenvalue weighted by Crippen LogP contribution is -2.20. The summed E-state index contributed by atoms with van der Waals surface area (Å²) in [5.74, 6) is 0. The Morgan fingerprint density at radius 2 is 2.10 bits per heavy atom. The zero-order chi connectivity index (χ0) is 14.7. The Morgan fingerprint density at radius 1 is 1.40 bits per heavy atom. The maximum Gasteiger partial charge on any atom is 0.0767 e. The van der Waals surface area contributed by atoms with Crippen LogP contribution >= 0.6 is 27.5 Å². The van der Waals surface area contributed by atoms with Crippen molar-refractivity contribution in [3.8, 4) is 0 Å². The normalized spacial score (nSPS) is 12.7. The van der Waals surface area contributed by atoms with Crippen LogP contribution in [0.1, 0.15) is 36.8 Å². The van der Waals surface area contributed by atoms with Crippen molar-refractivity contribution in [2.24, 2.45) is 7.05 Å². The van der Waals surface area contributed by atoms with E-state index in [-0.39, 0.29) is 6.04 Å². The molecule has 0 aliphatic carbocycles. The number of rotatable bonds is 5. The van der Waals surface area contributed by atoms with Crippen molar-refractivity contribution in [3.05, 3.63) is 50.7 Å². The van der Waals surface area contributed by atoms with E-state index in [1.165, 1.54) is 0 Å². The minimum absolute atomic E-state index is 0.190. The molecule has 2 rings (SSSR count). The average Bonchev–Trinajstić information content (AvgIpc) is 2.71. The van der Waals surface area contributed by atoms with Crippen molar-refractivity contribution < 1.29 is 0 Å². The molecule has 0 radical (unpaired) electrons. The molecule has 1 aromatic carbocycles. The number of halogens is 2. The van der Waals surface area contributed by atoms with Crippen LogP contribution in [0.25, 0.3) is 0 Å². The molecular weight excluding hydrogens is 338 g/mol. The van der Waals surface area contributed by atoms with Crippen LogP contribution in [0.15, 0.2) is 28.7 Å². The first-order valence-corrected chi connectivity index (χ1v) is 7.89. The molecule has 1 aromatic heterocycles. The molecule has 0 aliphatic heterocycles. The van der Waals surface area contributed by atoms with Crippen LogP contribution in [0.4, 0.5) is 0 Å². The van der Waals surface area contributed by atoms with Gasteiger partial charge in [0.15, 0.2) is 0 Å². The number of aryl methyl sites for hydroxylation is 2. The summed E-state index contributed by atoms with van der Waals surface area (Å²) in [6, 6.07) is 8.12. The first-order chi connectivity index (χ1) is 9.54. The Hall–Kier alpha value is -0.840. The van der Waals surface area contributed by atoms with E-state index in [2.05, 4.69) is 46.3 Å². The van der Waals surface area contributed by atoms with E-state index in [9.17, 15) is 0 Å². The molecular formula is C15H19BrClN3. The van der Waals surface area contributed by atoms with Gasteiger partial charge in [0, 0.05) is 24.7 Å². The summed E-state index contributed by atoms with van der Waals surface area (Å²) in [4.78, 5) is 0. The van der Waals surface area contributed by atoms with Crippen molar-refractivity contribution in [2.45, 2.75) is 32.9 Å². The standard InChI is InChI=1S/C15H19BrClN3/c1-4-13-15(16)14(20(3)19-13)9-18-10(2)11-7-5-6-8-12(11)17/h5-8,10,18H,4,9H2,1-3H3. The van der Waals surface area contributed by atoms with E-state index < -0.39 is 0 Å². The third-order valence-electron chi connectivity index (χ3n) is 3.45. The summed E-state index contributed by atoms with van der Waals surface area (Å²) < 4.78 is 3.02. The Bertz CT molecular complexity index is 595. The molecule has 2 aromatic rings. The van der Waals surface area contributed by atoms with Gasteiger partial charge in [-0.1, -0.05) is 36.7 Å². The largest absolute Gasteiger partial charge is 0.304 e. The van der Waals surface area contributed by atoms with Crippen LogP contribution in [-0.2, 0) is 20.0 Å². The van der Waals surface area contributed by atoms with E-state index in [1.54, 1.807) is 0 Å². The third-order valence-corrected chi connectivity index (χ3v) is 4.71. The summed E-state index contributed by atoms with van der Waals surface area (Å²) in [7, 11) is 1.97. The van der Waals surface area contributed by atoms with E-state index in [4.69, 9.17) is 11.6 Å². The third kappa shape index (κ3) is 3.25. The average molecular weight is 357 g/mol. The number of benzene rings is 1. The highest BCUT2D eigenvalue weighted by Gasteiger charge is 2.14. The highest BCUT2D eigenvalue weighted by atomic mass is 79.9. The number of nitrogens with one attached hydrogen (secondary N) is 1. The number of nitrogens with zero attached hydrogens (tertiary/aromatic N) is 2. The predicted octanol–water partition coefficient (Wildman–Crippen LogP) is 4.25. The van der Waals surface area contributed by atoms with Crippen molar-refractivity contribution >= 4 is 27.5 Å². The van der Waals surface area contributed by atoms with Gasteiger partial charge in [-0.25, -0.2) is 0 Å². The Morgan fingerprint density at radius 3 is 2.70 bits per heavy atom. The first kappa shape index (κ1) is 15.5. The van der Waals surface area contributed by atoms with Crippen LogP contribution < -0.4 is 5.32 Å². The van der Waals surface area contributed by atoms with Gasteiger partial charge >= 0.3 is 0 Å². The van der Waals surface area contributed by atoms with Crippen molar-refractivity contribution in [1.82, 2.24) is 15.1 Å². The molecule has 1 heterocycles. The molecule has 108 valence electrons. The molecule has 0 amide bonds. The first-order valence-electron chi connectivity index (χ1n) is 6.72. The molecule has 0 aliphatic rings. The summed E-state index contributed by atoms with van der Waals surface area (Å²) >= 11 is 9.86. The molecule has 0 bridgehead atoms. The Balaban J connectivity index is 2.09. The van der Waals surface area contributed by atoms with Gasteiger partial charge < -0.3 is 5.32 Å². The predicted molar refractivity (Wildman–Crippen MR) is 87.0 cm³/mol. The lowest BCUT2D eigenvalue weighted by atomic mass is 10.1. The van der Waals surface area contributed by atoms with E-state index in [0.29, 0.717) is 0 Å². The maximum absolute atomic E-state index is 6.22.